The van der Waals surface area contributed by atoms with Crippen LogP contribution in [0, 0.1) is 0 Å². The highest BCUT2D eigenvalue weighted by Gasteiger charge is 2.51. The fourth-order valence-electron chi connectivity index (χ4n) is 4.12. The maximum absolute atomic E-state index is 13.4. The second kappa shape index (κ2) is 11.2. The maximum Gasteiger partial charge on any atom is 0.355 e. The summed E-state index contributed by atoms with van der Waals surface area (Å²) in [4.78, 5) is 40.1. The number of carbonyl (C=O) groups is 3. The minimum atomic E-state index is -0.927. The van der Waals surface area contributed by atoms with Gasteiger partial charge in [0.25, 0.3) is 5.91 Å². The fourth-order valence-corrected chi connectivity index (χ4v) is 4.48. The van der Waals surface area contributed by atoms with E-state index in [0.717, 1.165) is 16.7 Å². The summed E-state index contributed by atoms with van der Waals surface area (Å²) in [6.07, 6.45) is -0.539. The summed E-state index contributed by atoms with van der Waals surface area (Å²) in [7, 11) is 0. The Morgan fingerprint density at radius 3 is 1.86 bits per heavy atom. The first-order chi connectivity index (χ1) is 17.4. The largest absolute Gasteiger partial charge is 0.448 e. The number of nitrogens with one attached hydrogen (secondary N) is 1. The maximum atomic E-state index is 13.4. The Morgan fingerprint density at radius 2 is 1.39 bits per heavy atom. The van der Waals surface area contributed by atoms with Gasteiger partial charge in [0, 0.05) is 0 Å². The predicted molar refractivity (Wildman–Crippen MR) is 138 cm³/mol. The van der Waals surface area contributed by atoms with Crippen LogP contribution in [0.2, 0.25) is 0 Å². The Balaban J connectivity index is 1.49. The average molecular weight is 503 g/mol. The van der Waals surface area contributed by atoms with Crippen molar-refractivity contribution in [3.8, 4) is 0 Å². The van der Waals surface area contributed by atoms with Crippen LogP contribution in [0.3, 0.4) is 0 Å². The molecule has 1 heterocycles. The minimum absolute atomic E-state index is 0.0745. The predicted octanol–water partition coefficient (Wildman–Crippen LogP) is 4.75. The molecular formula is C29H27ClN2O4. The SMILES string of the molecule is CC(C)=C(C(=O)OC(c1ccccc1)c1ccccc1)N1C(=O)C(NC(=O)Cc2ccccc2)C1Cl. The molecule has 3 aromatic carbocycles. The summed E-state index contributed by atoms with van der Waals surface area (Å²) in [6, 6.07) is 27.1. The Hall–Kier alpha value is -3.90. The summed E-state index contributed by atoms with van der Waals surface area (Å²) in [5, 5.41) is 2.68. The van der Waals surface area contributed by atoms with Gasteiger partial charge in [0.2, 0.25) is 5.91 Å². The van der Waals surface area contributed by atoms with Gasteiger partial charge in [-0.2, -0.15) is 0 Å². The van der Waals surface area contributed by atoms with Gasteiger partial charge in [-0.1, -0.05) is 103 Å². The number of nitrogens with zero attached hydrogens (tertiary/aromatic N) is 1. The van der Waals surface area contributed by atoms with E-state index in [1.54, 1.807) is 13.8 Å². The molecule has 0 spiro atoms. The highest BCUT2D eigenvalue weighted by molar-refractivity contribution is 6.27. The molecule has 6 nitrogen and oxygen atoms in total. The molecular weight excluding hydrogens is 476 g/mol. The lowest BCUT2D eigenvalue weighted by atomic mass is 10.0. The number of ether oxygens (including phenoxy) is 1. The van der Waals surface area contributed by atoms with Crippen LogP contribution < -0.4 is 5.32 Å². The first kappa shape index (κ1) is 25.2. The topological polar surface area (TPSA) is 75.7 Å². The van der Waals surface area contributed by atoms with Crippen molar-refractivity contribution in [2.75, 3.05) is 0 Å². The molecule has 1 N–H and O–H groups in total. The van der Waals surface area contributed by atoms with Crippen LogP contribution in [0.1, 0.15) is 36.6 Å². The number of hydrogen-bond donors (Lipinski definition) is 1. The van der Waals surface area contributed by atoms with Crippen LogP contribution in [-0.2, 0) is 25.5 Å². The molecule has 2 amide bonds. The fraction of sp³-hybridized carbons (Fsp3) is 0.207. The molecule has 1 aliphatic heterocycles. The van der Waals surface area contributed by atoms with Crippen molar-refractivity contribution >= 4 is 29.4 Å². The molecule has 36 heavy (non-hydrogen) atoms. The molecule has 3 aromatic rings. The van der Waals surface area contributed by atoms with Crippen LogP contribution >= 0.6 is 11.6 Å². The summed E-state index contributed by atoms with van der Waals surface area (Å²) >= 11 is 6.52. The summed E-state index contributed by atoms with van der Waals surface area (Å²) in [5.74, 6) is -1.44. The number of likely N-dealkylation sites (tertiary alicyclic amines) is 1. The molecule has 1 fully saturated rings. The number of esters is 1. The van der Waals surface area contributed by atoms with Gasteiger partial charge < -0.3 is 10.1 Å². The van der Waals surface area contributed by atoms with E-state index < -0.39 is 29.5 Å². The van der Waals surface area contributed by atoms with Gasteiger partial charge in [-0.15, -0.1) is 0 Å². The third-order valence-corrected chi connectivity index (χ3v) is 6.33. The number of β-lactam (4-membered cyclic amide) rings is 1. The van der Waals surface area contributed by atoms with Gasteiger partial charge in [0.15, 0.2) is 6.10 Å². The van der Waals surface area contributed by atoms with E-state index >= 15 is 0 Å². The Bertz CT molecular complexity index is 1220. The van der Waals surface area contributed by atoms with E-state index in [9.17, 15) is 14.4 Å². The molecule has 0 aromatic heterocycles. The van der Waals surface area contributed by atoms with Crippen molar-refractivity contribution < 1.29 is 19.1 Å². The molecule has 1 saturated heterocycles. The molecule has 0 saturated carbocycles. The average Bonchev–Trinajstić information content (AvgIpc) is 2.90. The van der Waals surface area contributed by atoms with E-state index in [0.29, 0.717) is 5.57 Å². The number of allylic oxidation sites excluding steroid dienone is 1. The smallest absolute Gasteiger partial charge is 0.355 e. The van der Waals surface area contributed by atoms with Gasteiger partial charge in [-0.3, -0.25) is 14.5 Å². The van der Waals surface area contributed by atoms with E-state index in [2.05, 4.69) is 5.32 Å². The lowest BCUT2D eigenvalue weighted by molar-refractivity contribution is -0.154. The number of hydrogen-bond acceptors (Lipinski definition) is 4. The van der Waals surface area contributed by atoms with Crippen LogP contribution in [-0.4, -0.2) is 34.2 Å². The van der Waals surface area contributed by atoms with Crippen molar-refractivity contribution in [1.82, 2.24) is 10.2 Å². The molecule has 0 aliphatic carbocycles. The molecule has 0 bridgehead atoms. The summed E-state index contributed by atoms with van der Waals surface area (Å²) < 4.78 is 5.96. The number of benzene rings is 3. The van der Waals surface area contributed by atoms with E-state index in [1.165, 1.54) is 4.90 Å². The van der Waals surface area contributed by atoms with Crippen LogP contribution in [0.15, 0.2) is 102 Å². The third-order valence-electron chi connectivity index (χ3n) is 5.89. The van der Waals surface area contributed by atoms with Crippen molar-refractivity contribution in [1.29, 1.82) is 0 Å². The lowest BCUT2D eigenvalue weighted by Crippen LogP contribution is -2.68. The van der Waals surface area contributed by atoms with Crippen LogP contribution in [0.4, 0.5) is 0 Å². The van der Waals surface area contributed by atoms with Crippen molar-refractivity contribution in [3.05, 3.63) is 119 Å². The first-order valence-electron chi connectivity index (χ1n) is 11.7. The third kappa shape index (κ3) is 5.50. The number of alkyl halides is 1. The van der Waals surface area contributed by atoms with Crippen molar-refractivity contribution in [2.24, 2.45) is 0 Å². The zero-order valence-corrected chi connectivity index (χ0v) is 20.8. The van der Waals surface area contributed by atoms with Crippen molar-refractivity contribution in [2.45, 2.75) is 37.9 Å². The van der Waals surface area contributed by atoms with Gasteiger partial charge >= 0.3 is 5.97 Å². The monoisotopic (exact) mass is 502 g/mol. The Kier molecular flexibility index (Phi) is 7.86. The van der Waals surface area contributed by atoms with Crippen LogP contribution in [0.5, 0.6) is 0 Å². The number of halogens is 1. The Labute approximate surface area is 215 Å². The molecule has 2 unspecified atom stereocenters. The zero-order valence-electron chi connectivity index (χ0n) is 20.1. The highest BCUT2D eigenvalue weighted by Crippen LogP contribution is 2.33. The first-order valence-corrected chi connectivity index (χ1v) is 12.1. The van der Waals surface area contributed by atoms with Gasteiger partial charge in [-0.05, 0) is 36.1 Å². The Morgan fingerprint density at radius 1 is 0.889 bits per heavy atom. The number of rotatable bonds is 8. The molecule has 1 aliphatic rings. The normalized spacial score (nSPS) is 16.8. The van der Waals surface area contributed by atoms with Gasteiger partial charge in [0.1, 0.15) is 17.2 Å². The summed E-state index contributed by atoms with van der Waals surface area (Å²) in [5.41, 5.74) is 2.16. The molecule has 0 radical (unpaired) electrons. The van der Waals surface area contributed by atoms with Gasteiger partial charge in [-0.25, -0.2) is 4.79 Å². The zero-order chi connectivity index (χ0) is 25.7. The molecule has 2 atom stereocenters. The van der Waals surface area contributed by atoms with Gasteiger partial charge in [0.05, 0.1) is 6.42 Å². The summed E-state index contributed by atoms with van der Waals surface area (Å²) in [6.45, 7) is 3.43. The van der Waals surface area contributed by atoms with E-state index in [-0.39, 0.29) is 18.0 Å². The highest BCUT2D eigenvalue weighted by atomic mass is 35.5. The number of carbonyl (C=O) groups excluding carboxylic acids is 3. The second-order valence-electron chi connectivity index (χ2n) is 8.74. The minimum Gasteiger partial charge on any atom is -0.448 e. The number of amides is 2. The second-order valence-corrected chi connectivity index (χ2v) is 9.19. The molecule has 184 valence electrons. The van der Waals surface area contributed by atoms with Crippen molar-refractivity contribution in [3.63, 3.8) is 0 Å². The van der Waals surface area contributed by atoms with E-state index in [4.69, 9.17) is 16.3 Å². The lowest BCUT2D eigenvalue weighted by Gasteiger charge is -2.44. The standard InChI is InChI=1S/C29H27ClN2O4/c1-19(2)25(29(35)36-26(21-14-8-4-9-15-21)22-16-10-5-11-17-22)32-27(30)24(28(32)34)31-23(33)18-20-12-6-3-7-13-20/h3-17,24,26-27H,18H2,1-2H3,(H,31,33). The molecule has 4 rings (SSSR count). The quantitative estimate of drug-likeness (QED) is 0.159. The van der Waals surface area contributed by atoms with Crippen LogP contribution in [0.25, 0.3) is 0 Å². The molecule has 7 heteroatoms. The van der Waals surface area contributed by atoms with E-state index in [1.807, 2.05) is 91.0 Å².